The van der Waals surface area contributed by atoms with Gasteiger partial charge in [-0.2, -0.15) is 0 Å². The molecule has 1 unspecified atom stereocenters. The lowest BCUT2D eigenvalue weighted by Gasteiger charge is -2.33. The molecule has 24 heavy (non-hydrogen) atoms. The Morgan fingerprint density at radius 2 is 2.08 bits per heavy atom. The lowest BCUT2D eigenvalue weighted by molar-refractivity contribution is 0.0980. The molecule has 0 aliphatic carbocycles. The Morgan fingerprint density at radius 1 is 1.29 bits per heavy atom. The molecule has 2 aromatic rings. The highest BCUT2D eigenvalue weighted by molar-refractivity contribution is 6.33. The van der Waals surface area contributed by atoms with Crippen LogP contribution in [0.1, 0.15) is 12.8 Å². The summed E-state index contributed by atoms with van der Waals surface area (Å²) in [5.41, 5.74) is 8.59. The van der Waals surface area contributed by atoms with Gasteiger partial charge in [0.2, 0.25) is 5.95 Å². The summed E-state index contributed by atoms with van der Waals surface area (Å²) in [6, 6.07) is 3.82. The Balaban J connectivity index is 1.75. The number of ether oxygens (including phenoxy) is 1. The molecule has 0 spiro atoms. The van der Waals surface area contributed by atoms with Crippen molar-refractivity contribution in [3.05, 3.63) is 17.2 Å². The predicted molar refractivity (Wildman–Crippen MR) is 97.8 cm³/mol. The van der Waals surface area contributed by atoms with E-state index in [-0.39, 0.29) is 6.10 Å². The molecule has 2 N–H and O–H groups in total. The largest absolute Gasteiger partial charge is 0.397 e. The summed E-state index contributed by atoms with van der Waals surface area (Å²) >= 11 is 6.21. The number of hydrogen-bond acceptors (Lipinski definition) is 5. The average molecular weight is 350 g/mol. The van der Waals surface area contributed by atoms with Crippen LogP contribution in [-0.2, 0) is 11.3 Å². The first-order valence-electron chi connectivity index (χ1n) is 8.62. The third kappa shape index (κ3) is 2.94. The van der Waals surface area contributed by atoms with Gasteiger partial charge < -0.3 is 24.8 Å². The summed E-state index contributed by atoms with van der Waals surface area (Å²) in [7, 11) is 2.16. The van der Waals surface area contributed by atoms with Crippen LogP contribution < -0.4 is 10.6 Å². The summed E-state index contributed by atoms with van der Waals surface area (Å²) in [4.78, 5) is 9.59. The zero-order chi connectivity index (χ0) is 16.7. The molecule has 2 saturated heterocycles. The van der Waals surface area contributed by atoms with E-state index in [4.69, 9.17) is 27.1 Å². The maximum Gasteiger partial charge on any atom is 0.206 e. The molecular formula is C17H24ClN5O. The van der Waals surface area contributed by atoms with Crippen molar-refractivity contribution in [2.45, 2.75) is 25.5 Å². The molecule has 1 atom stereocenters. The summed E-state index contributed by atoms with van der Waals surface area (Å²) in [5, 5.41) is 0.564. The molecule has 2 aliphatic heterocycles. The molecule has 3 heterocycles. The number of rotatable bonds is 3. The van der Waals surface area contributed by atoms with Crippen LogP contribution in [0.2, 0.25) is 5.02 Å². The smallest absolute Gasteiger partial charge is 0.206 e. The highest BCUT2D eigenvalue weighted by atomic mass is 35.5. The van der Waals surface area contributed by atoms with Crippen LogP contribution in [-0.4, -0.2) is 60.4 Å². The lowest BCUT2D eigenvalue weighted by Crippen LogP contribution is -2.45. The van der Waals surface area contributed by atoms with E-state index in [2.05, 4.69) is 21.4 Å². The van der Waals surface area contributed by atoms with E-state index >= 15 is 0 Å². The van der Waals surface area contributed by atoms with Gasteiger partial charge in [0.05, 0.1) is 34.4 Å². The number of fused-ring (bicyclic) bond motifs is 1. The number of nitrogens with two attached hydrogens (primary N) is 1. The van der Waals surface area contributed by atoms with Crippen molar-refractivity contribution in [1.29, 1.82) is 0 Å². The molecule has 1 aromatic carbocycles. The fourth-order valence-electron chi connectivity index (χ4n) is 3.57. The Hall–Kier alpha value is -1.50. The summed E-state index contributed by atoms with van der Waals surface area (Å²) in [5.74, 6) is 1.01. The zero-order valence-electron chi connectivity index (χ0n) is 14.0. The van der Waals surface area contributed by atoms with Gasteiger partial charge in [-0.15, -0.1) is 0 Å². The number of halogens is 1. The Kier molecular flexibility index (Phi) is 4.28. The van der Waals surface area contributed by atoms with Crippen molar-refractivity contribution < 1.29 is 4.74 Å². The van der Waals surface area contributed by atoms with Gasteiger partial charge in [-0.25, -0.2) is 4.98 Å². The topological polar surface area (TPSA) is 59.5 Å². The minimum absolute atomic E-state index is 0.255. The van der Waals surface area contributed by atoms with Crippen molar-refractivity contribution in [2.24, 2.45) is 0 Å². The average Bonchev–Trinajstić information content (AvgIpc) is 3.19. The Bertz CT molecular complexity index is 732. The number of benzene rings is 1. The fraction of sp³-hybridized carbons (Fsp3) is 0.588. The second kappa shape index (κ2) is 6.43. The van der Waals surface area contributed by atoms with Gasteiger partial charge in [0, 0.05) is 32.8 Å². The monoisotopic (exact) mass is 349 g/mol. The highest BCUT2D eigenvalue weighted by Gasteiger charge is 2.24. The van der Waals surface area contributed by atoms with Crippen LogP contribution >= 0.6 is 11.6 Å². The number of hydrogen-bond donors (Lipinski definition) is 1. The molecule has 0 bridgehead atoms. The first-order chi connectivity index (χ1) is 11.6. The van der Waals surface area contributed by atoms with E-state index in [9.17, 15) is 0 Å². The van der Waals surface area contributed by atoms with Gasteiger partial charge in [0.15, 0.2) is 0 Å². The molecule has 1 aromatic heterocycles. The molecular weight excluding hydrogens is 326 g/mol. The number of nitrogen functional groups attached to an aromatic ring is 1. The molecule has 130 valence electrons. The first kappa shape index (κ1) is 16.0. The maximum atomic E-state index is 6.21. The van der Waals surface area contributed by atoms with Crippen LogP contribution in [0.25, 0.3) is 11.0 Å². The maximum absolute atomic E-state index is 6.21. The van der Waals surface area contributed by atoms with Gasteiger partial charge in [-0.3, -0.25) is 0 Å². The second-order valence-corrected chi connectivity index (χ2v) is 7.22. The van der Waals surface area contributed by atoms with E-state index in [0.717, 1.165) is 69.2 Å². The van der Waals surface area contributed by atoms with E-state index < -0.39 is 0 Å². The number of anilines is 2. The van der Waals surface area contributed by atoms with Crippen LogP contribution in [0.3, 0.4) is 0 Å². The number of piperazine rings is 1. The van der Waals surface area contributed by atoms with Crippen LogP contribution in [0.15, 0.2) is 12.1 Å². The molecule has 7 heteroatoms. The lowest BCUT2D eigenvalue weighted by atomic mass is 10.2. The van der Waals surface area contributed by atoms with Gasteiger partial charge in [-0.1, -0.05) is 11.6 Å². The van der Waals surface area contributed by atoms with Crippen LogP contribution in [0.5, 0.6) is 0 Å². The van der Waals surface area contributed by atoms with Crippen molar-refractivity contribution in [2.75, 3.05) is 50.5 Å². The summed E-state index contributed by atoms with van der Waals surface area (Å²) in [6.07, 6.45) is 2.49. The van der Waals surface area contributed by atoms with E-state index in [0.29, 0.717) is 10.7 Å². The van der Waals surface area contributed by atoms with Crippen molar-refractivity contribution in [1.82, 2.24) is 14.5 Å². The molecule has 0 radical (unpaired) electrons. The molecule has 0 saturated carbocycles. The third-order valence-electron chi connectivity index (χ3n) is 5.04. The number of aromatic nitrogens is 2. The first-order valence-corrected chi connectivity index (χ1v) is 9.00. The minimum Gasteiger partial charge on any atom is -0.397 e. The quantitative estimate of drug-likeness (QED) is 0.861. The standard InChI is InChI=1S/C17H24ClN5O/c1-21-4-6-22(7-5-21)17-20-15-9-13(18)14(19)10-16(15)23(17)11-12-3-2-8-24-12/h9-10,12H,2-8,11,19H2,1H3. The van der Waals surface area contributed by atoms with E-state index in [1.165, 1.54) is 0 Å². The normalized spacial score (nSPS) is 22.6. The third-order valence-corrected chi connectivity index (χ3v) is 5.37. The Morgan fingerprint density at radius 3 is 2.79 bits per heavy atom. The highest BCUT2D eigenvalue weighted by Crippen LogP contribution is 2.31. The molecule has 2 aliphatic rings. The van der Waals surface area contributed by atoms with Gasteiger partial charge in [0.1, 0.15) is 0 Å². The van der Waals surface area contributed by atoms with Gasteiger partial charge in [0.25, 0.3) is 0 Å². The van der Waals surface area contributed by atoms with Crippen molar-refractivity contribution >= 4 is 34.3 Å². The van der Waals surface area contributed by atoms with Crippen molar-refractivity contribution in [3.63, 3.8) is 0 Å². The molecule has 6 nitrogen and oxygen atoms in total. The number of likely N-dealkylation sites (N-methyl/N-ethyl adjacent to an activating group) is 1. The SMILES string of the molecule is CN1CCN(c2nc3cc(Cl)c(N)cc3n2CC2CCCO2)CC1. The van der Waals surface area contributed by atoms with Gasteiger partial charge in [-0.05, 0) is 32.0 Å². The van der Waals surface area contributed by atoms with Crippen LogP contribution in [0, 0.1) is 0 Å². The van der Waals surface area contributed by atoms with Gasteiger partial charge >= 0.3 is 0 Å². The molecule has 0 amide bonds. The molecule has 4 rings (SSSR count). The minimum atomic E-state index is 0.255. The number of nitrogens with zero attached hydrogens (tertiary/aromatic N) is 4. The van der Waals surface area contributed by atoms with E-state index in [1.807, 2.05) is 12.1 Å². The fourth-order valence-corrected chi connectivity index (χ4v) is 3.73. The zero-order valence-corrected chi connectivity index (χ0v) is 14.8. The summed E-state index contributed by atoms with van der Waals surface area (Å²) < 4.78 is 8.12. The van der Waals surface area contributed by atoms with Crippen molar-refractivity contribution in [3.8, 4) is 0 Å². The summed E-state index contributed by atoms with van der Waals surface area (Å²) in [6.45, 7) is 5.73. The predicted octanol–water partition coefficient (Wildman–Crippen LogP) is 2.20. The number of imidazole rings is 1. The second-order valence-electron chi connectivity index (χ2n) is 6.81. The Labute approximate surface area is 147 Å². The molecule has 2 fully saturated rings. The van der Waals surface area contributed by atoms with E-state index in [1.54, 1.807) is 0 Å². The van der Waals surface area contributed by atoms with Crippen LogP contribution in [0.4, 0.5) is 11.6 Å².